The number of hydrogen-bond donors (Lipinski definition) is 0. The molecule has 0 aliphatic carbocycles. The van der Waals surface area contributed by atoms with Gasteiger partial charge in [0, 0.05) is 10.7 Å². The lowest BCUT2D eigenvalue weighted by molar-refractivity contribution is 1.07. The highest BCUT2D eigenvalue weighted by Gasteiger charge is 2.03. The van der Waals surface area contributed by atoms with Crippen LogP contribution >= 0.6 is 39.0 Å². The summed E-state index contributed by atoms with van der Waals surface area (Å²) >= 11 is 6.86. The number of nitrogens with zero attached hydrogens (tertiary/aromatic N) is 1. The second-order valence-corrected chi connectivity index (χ2v) is 5.96. The first-order valence-corrected chi connectivity index (χ1v) is 6.58. The van der Waals surface area contributed by atoms with E-state index < -0.39 is 0 Å². The van der Waals surface area contributed by atoms with E-state index in [9.17, 15) is 0 Å². The van der Waals surface area contributed by atoms with Gasteiger partial charge in [0.1, 0.15) is 5.03 Å². The van der Waals surface area contributed by atoms with E-state index in [1.54, 1.807) is 23.1 Å². The fraction of sp³-hybridized carbons (Fsp3) is 0.100. The highest BCUT2D eigenvalue weighted by atomic mass is 79.9. The molecule has 14 heavy (non-hydrogen) atoms. The van der Waals surface area contributed by atoms with E-state index >= 15 is 0 Å². The summed E-state index contributed by atoms with van der Waals surface area (Å²) in [6, 6.07) is 6.25. The molecule has 0 N–H and O–H groups in total. The van der Waals surface area contributed by atoms with Crippen molar-refractivity contribution in [3.05, 3.63) is 39.8 Å². The lowest BCUT2D eigenvalue weighted by Gasteiger charge is -2.02. The number of aromatic nitrogens is 1. The molecule has 72 valence electrons. The zero-order chi connectivity index (χ0) is 9.97. The summed E-state index contributed by atoms with van der Waals surface area (Å²) in [5, 5.41) is 3.16. The molecule has 0 aromatic carbocycles. The van der Waals surface area contributed by atoms with Crippen molar-refractivity contribution < 1.29 is 0 Å². The first-order chi connectivity index (χ1) is 6.75. The fourth-order valence-corrected chi connectivity index (χ4v) is 3.20. The third-order valence-electron chi connectivity index (χ3n) is 1.69. The Balaban J connectivity index is 2.25. The fourth-order valence-electron chi connectivity index (χ4n) is 1.05. The van der Waals surface area contributed by atoms with E-state index in [1.165, 1.54) is 9.77 Å². The van der Waals surface area contributed by atoms with Gasteiger partial charge in [-0.1, -0.05) is 17.8 Å². The molecule has 2 aromatic rings. The van der Waals surface area contributed by atoms with Crippen LogP contribution in [0.4, 0.5) is 0 Å². The van der Waals surface area contributed by atoms with Gasteiger partial charge in [-0.05, 0) is 45.9 Å². The van der Waals surface area contributed by atoms with Crippen LogP contribution in [0.2, 0.25) is 0 Å². The molecule has 0 bridgehead atoms. The molecule has 0 spiro atoms. The van der Waals surface area contributed by atoms with Gasteiger partial charge in [-0.2, -0.15) is 0 Å². The summed E-state index contributed by atoms with van der Waals surface area (Å²) in [4.78, 5) is 4.38. The monoisotopic (exact) mass is 285 g/mol. The number of aryl methyl sites for hydroxylation is 1. The molecule has 0 aliphatic rings. The molecule has 0 saturated carbocycles. The SMILES string of the molecule is Cc1cc(Br)cnc1Sc1cccs1. The molecule has 2 aromatic heterocycles. The van der Waals surface area contributed by atoms with E-state index in [-0.39, 0.29) is 0 Å². The molecule has 0 amide bonds. The zero-order valence-corrected chi connectivity index (χ0v) is 10.7. The second-order valence-electron chi connectivity index (χ2n) is 2.81. The molecule has 0 unspecified atom stereocenters. The van der Waals surface area contributed by atoms with Crippen molar-refractivity contribution in [2.24, 2.45) is 0 Å². The van der Waals surface area contributed by atoms with Crippen LogP contribution in [0.25, 0.3) is 0 Å². The molecule has 0 saturated heterocycles. The molecule has 4 heteroatoms. The number of hydrogen-bond acceptors (Lipinski definition) is 3. The largest absolute Gasteiger partial charge is 0.248 e. The van der Waals surface area contributed by atoms with Gasteiger partial charge in [-0.15, -0.1) is 11.3 Å². The summed E-state index contributed by atoms with van der Waals surface area (Å²) in [5.74, 6) is 0. The van der Waals surface area contributed by atoms with Gasteiger partial charge >= 0.3 is 0 Å². The van der Waals surface area contributed by atoms with Crippen LogP contribution in [0.1, 0.15) is 5.56 Å². The minimum Gasteiger partial charge on any atom is -0.248 e. The molecule has 0 aliphatic heterocycles. The third kappa shape index (κ3) is 2.38. The summed E-state index contributed by atoms with van der Waals surface area (Å²) in [5.41, 5.74) is 1.21. The van der Waals surface area contributed by atoms with E-state index in [0.29, 0.717) is 0 Å². The molecule has 1 nitrogen and oxygen atoms in total. The summed E-state index contributed by atoms with van der Waals surface area (Å²) in [7, 11) is 0. The van der Waals surface area contributed by atoms with Crippen LogP contribution in [-0.4, -0.2) is 4.98 Å². The van der Waals surface area contributed by atoms with Gasteiger partial charge in [0.05, 0.1) is 4.21 Å². The Bertz CT molecular complexity index is 426. The minimum atomic E-state index is 1.03. The standard InChI is InChI=1S/C10H8BrNS2/c1-7-5-8(11)6-12-10(7)14-9-3-2-4-13-9/h2-6H,1H3. The number of pyridine rings is 1. The van der Waals surface area contributed by atoms with E-state index in [2.05, 4.69) is 51.4 Å². The average molecular weight is 286 g/mol. The smallest absolute Gasteiger partial charge is 0.104 e. The Morgan fingerprint density at radius 1 is 1.50 bits per heavy atom. The van der Waals surface area contributed by atoms with Crippen molar-refractivity contribution in [2.45, 2.75) is 16.2 Å². The number of thiophene rings is 1. The van der Waals surface area contributed by atoms with Crippen molar-refractivity contribution in [2.75, 3.05) is 0 Å². The van der Waals surface area contributed by atoms with E-state index in [0.717, 1.165) is 9.50 Å². The third-order valence-corrected chi connectivity index (χ3v) is 4.28. The number of halogens is 1. The zero-order valence-electron chi connectivity index (χ0n) is 7.53. The Labute approximate surface area is 99.7 Å². The normalized spacial score (nSPS) is 10.4. The van der Waals surface area contributed by atoms with E-state index in [1.807, 2.05) is 6.20 Å². The van der Waals surface area contributed by atoms with Crippen molar-refractivity contribution in [1.82, 2.24) is 4.98 Å². The molecule has 0 fully saturated rings. The van der Waals surface area contributed by atoms with Crippen molar-refractivity contribution in [3.8, 4) is 0 Å². The van der Waals surface area contributed by atoms with Crippen LogP contribution in [0.5, 0.6) is 0 Å². The van der Waals surface area contributed by atoms with Gasteiger partial charge in [-0.25, -0.2) is 4.98 Å². The Morgan fingerprint density at radius 2 is 2.36 bits per heavy atom. The van der Waals surface area contributed by atoms with Gasteiger partial charge < -0.3 is 0 Å². The molecule has 0 radical (unpaired) electrons. The second kappa shape index (κ2) is 4.47. The van der Waals surface area contributed by atoms with E-state index in [4.69, 9.17) is 0 Å². The highest BCUT2D eigenvalue weighted by Crippen LogP contribution is 2.32. The van der Waals surface area contributed by atoms with Gasteiger partial charge in [0.15, 0.2) is 0 Å². The Hall–Kier alpha value is -0.320. The van der Waals surface area contributed by atoms with Crippen molar-refractivity contribution in [1.29, 1.82) is 0 Å². The first kappa shape index (κ1) is 10.2. The maximum atomic E-state index is 4.38. The Kier molecular flexibility index (Phi) is 3.26. The van der Waals surface area contributed by atoms with Gasteiger partial charge in [0.2, 0.25) is 0 Å². The van der Waals surface area contributed by atoms with Crippen LogP contribution < -0.4 is 0 Å². The maximum absolute atomic E-state index is 4.38. The predicted molar refractivity (Wildman–Crippen MR) is 65.1 cm³/mol. The summed E-state index contributed by atoms with van der Waals surface area (Å²) < 4.78 is 2.31. The average Bonchev–Trinajstić information content (AvgIpc) is 2.62. The molecule has 0 atom stereocenters. The van der Waals surface area contributed by atoms with Crippen LogP contribution in [0, 0.1) is 6.92 Å². The Morgan fingerprint density at radius 3 is 3.00 bits per heavy atom. The summed E-state index contributed by atoms with van der Waals surface area (Å²) in [6.07, 6.45) is 1.84. The lowest BCUT2D eigenvalue weighted by Crippen LogP contribution is -1.83. The minimum absolute atomic E-state index is 1.03. The quantitative estimate of drug-likeness (QED) is 0.813. The van der Waals surface area contributed by atoms with Gasteiger partial charge in [0.25, 0.3) is 0 Å². The van der Waals surface area contributed by atoms with Crippen molar-refractivity contribution >= 4 is 39.0 Å². The lowest BCUT2D eigenvalue weighted by atomic mass is 10.3. The maximum Gasteiger partial charge on any atom is 0.104 e. The highest BCUT2D eigenvalue weighted by molar-refractivity contribution is 9.10. The van der Waals surface area contributed by atoms with Crippen LogP contribution in [0.3, 0.4) is 0 Å². The summed E-state index contributed by atoms with van der Waals surface area (Å²) in [6.45, 7) is 2.08. The molecular weight excluding hydrogens is 278 g/mol. The molecule has 2 rings (SSSR count). The van der Waals surface area contributed by atoms with Gasteiger partial charge in [-0.3, -0.25) is 0 Å². The molecular formula is C10H8BrNS2. The molecule has 2 heterocycles. The predicted octanol–water partition coefficient (Wildman–Crippen LogP) is 4.37. The van der Waals surface area contributed by atoms with Crippen LogP contribution in [0.15, 0.2) is 43.5 Å². The van der Waals surface area contributed by atoms with Crippen LogP contribution in [-0.2, 0) is 0 Å². The number of rotatable bonds is 2. The topological polar surface area (TPSA) is 12.9 Å². The first-order valence-electron chi connectivity index (χ1n) is 4.09. The van der Waals surface area contributed by atoms with Crippen molar-refractivity contribution in [3.63, 3.8) is 0 Å².